The first kappa shape index (κ1) is 14.9. The number of halogens is 1. The molecule has 1 aliphatic rings. The van der Waals surface area contributed by atoms with Crippen molar-refractivity contribution in [2.24, 2.45) is 0 Å². The van der Waals surface area contributed by atoms with Crippen molar-refractivity contribution >= 4 is 5.91 Å². The van der Waals surface area contributed by atoms with Gasteiger partial charge in [0.2, 0.25) is 0 Å². The minimum absolute atomic E-state index is 0.242. The molecule has 1 atom stereocenters. The molecular weight excluding hydrogens is 259 g/mol. The Morgan fingerprint density at radius 1 is 1.40 bits per heavy atom. The second-order valence-electron chi connectivity index (χ2n) is 5.27. The molecule has 20 heavy (non-hydrogen) atoms. The predicted octanol–water partition coefficient (Wildman–Crippen LogP) is 1.29. The Balaban J connectivity index is 2.04. The van der Waals surface area contributed by atoms with Crippen LogP contribution in [0.2, 0.25) is 0 Å². The Bertz CT molecular complexity index is 463. The molecule has 0 aromatic heterocycles. The van der Waals surface area contributed by atoms with Crippen LogP contribution in [0.15, 0.2) is 24.3 Å². The molecule has 4 nitrogen and oxygen atoms in total. The van der Waals surface area contributed by atoms with Gasteiger partial charge < -0.3 is 15.3 Å². The van der Waals surface area contributed by atoms with E-state index in [1.807, 2.05) is 6.92 Å². The third-order valence-electron chi connectivity index (χ3n) is 3.66. The number of rotatable bonds is 5. The fraction of sp³-hybridized carbons (Fsp3) is 0.533. The minimum Gasteiger partial charge on any atom is -0.379 e. The molecule has 0 bridgehead atoms. The summed E-state index contributed by atoms with van der Waals surface area (Å²) >= 11 is 0. The summed E-state index contributed by atoms with van der Waals surface area (Å²) in [5.41, 5.74) is -0.443. The number of nitrogens with one attached hydrogen (secondary N) is 1. The minimum atomic E-state index is -1.31. The molecule has 0 saturated carbocycles. The molecular formula is C15H21FN2O2. The van der Waals surface area contributed by atoms with Crippen LogP contribution in [0.5, 0.6) is 0 Å². The number of aliphatic hydroxyl groups is 1. The zero-order chi connectivity index (χ0) is 14.6. The first-order chi connectivity index (χ1) is 9.55. The van der Waals surface area contributed by atoms with E-state index in [-0.39, 0.29) is 18.3 Å². The topological polar surface area (TPSA) is 52.6 Å². The normalized spacial score (nSPS) is 23.1. The van der Waals surface area contributed by atoms with Crippen molar-refractivity contribution in [2.75, 3.05) is 19.6 Å². The molecule has 1 saturated heterocycles. The maximum Gasteiger partial charge on any atom is 0.256 e. The lowest BCUT2D eigenvalue weighted by Crippen LogP contribution is -2.57. The molecule has 1 aliphatic heterocycles. The Morgan fingerprint density at radius 2 is 2.10 bits per heavy atom. The fourth-order valence-corrected chi connectivity index (χ4v) is 2.52. The zero-order valence-electron chi connectivity index (χ0n) is 11.7. The molecule has 1 aromatic rings. The van der Waals surface area contributed by atoms with Gasteiger partial charge in [-0.3, -0.25) is 4.79 Å². The molecule has 0 radical (unpaired) electrons. The average Bonchev–Trinajstić information content (AvgIpc) is 2.44. The van der Waals surface area contributed by atoms with Crippen LogP contribution in [0.25, 0.3) is 0 Å². The Kier molecular flexibility index (Phi) is 4.73. The lowest BCUT2D eigenvalue weighted by atomic mass is 9.91. The maximum absolute atomic E-state index is 12.9. The largest absolute Gasteiger partial charge is 0.379 e. The number of amides is 1. The smallest absolute Gasteiger partial charge is 0.256 e. The summed E-state index contributed by atoms with van der Waals surface area (Å²) in [6, 6.07) is 6.10. The third kappa shape index (κ3) is 3.35. The van der Waals surface area contributed by atoms with E-state index in [0.29, 0.717) is 26.1 Å². The van der Waals surface area contributed by atoms with Crippen LogP contribution in [0.4, 0.5) is 4.39 Å². The van der Waals surface area contributed by atoms with E-state index < -0.39 is 5.60 Å². The molecule has 1 amide bonds. The van der Waals surface area contributed by atoms with Crippen molar-refractivity contribution < 1.29 is 14.3 Å². The van der Waals surface area contributed by atoms with Gasteiger partial charge >= 0.3 is 0 Å². The standard InChI is InChI=1S/C15H21FN2O2/c1-2-17-11-15(20)8-3-9-18(14(15)19)10-12-4-6-13(16)7-5-12/h4-7,17,20H,2-3,8-11H2,1H3/t15-/m0/s1. The van der Waals surface area contributed by atoms with Crippen LogP contribution in [0.1, 0.15) is 25.3 Å². The van der Waals surface area contributed by atoms with Crippen LogP contribution in [0, 0.1) is 5.82 Å². The molecule has 0 spiro atoms. The van der Waals surface area contributed by atoms with Crippen LogP contribution < -0.4 is 5.32 Å². The lowest BCUT2D eigenvalue weighted by molar-refractivity contribution is -0.157. The van der Waals surface area contributed by atoms with Gasteiger partial charge in [0.15, 0.2) is 5.60 Å². The molecule has 2 rings (SSSR count). The van der Waals surface area contributed by atoms with Gasteiger partial charge in [-0.25, -0.2) is 4.39 Å². The summed E-state index contributed by atoms with van der Waals surface area (Å²) in [7, 11) is 0. The molecule has 0 unspecified atom stereocenters. The van der Waals surface area contributed by atoms with Crippen molar-refractivity contribution in [3.63, 3.8) is 0 Å². The Labute approximate surface area is 118 Å². The second kappa shape index (κ2) is 6.33. The molecule has 5 heteroatoms. The number of nitrogens with zero attached hydrogens (tertiary/aromatic N) is 1. The first-order valence-corrected chi connectivity index (χ1v) is 7.02. The summed E-state index contributed by atoms with van der Waals surface area (Å²) in [4.78, 5) is 14.0. The average molecular weight is 280 g/mol. The van der Waals surface area contributed by atoms with Crippen LogP contribution in [0.3, 0.4) is 0 Å². The van der Waals surface area contributed by atoms with Gasteiger partial charge in [-0.05, 0) is 37.1 Å². The van der Waals surface area contributed by atoms with Crippen molar-refractivity contribution in [1.29, 1.82) is 0 Å². The van der Waals surface area contributed by atoms with E-state index in [4.69, 9.17) is 0 Å². The summed E-state index contributed by atoms with van der Waals surface area (Å²) in [6.07, 6.45) is 1.26. The Morgan fingerprint density at radius 3 is 2.75 bits per heavy atom. The van der Waals surface area contributed by atoms with Crippen LogP contribution in [-0.2, 0) is 11.3 Å². The molecule has 2 N–H and O–H groups in total. The molecule has 1 fully saturated rings. The molecule has 1 aromatic carbocycles. The quantitative estimate of drug-likeness (QED) is 0.854. The summed E-state index contributed by atoms with van der Waals surface area (Å²) in [6.45, 7) is 3.97. The van der Waals surface area contributed by atoms with Gasteiger partial charge in [-0.15, -0.1) is 0 Å². The van der Waals surface area contributed by atoms with Crippen molar-refractivity contribution in [3.05, 3.63) is 35.6 Å². The number of carbonyl (C=O) groups is 1. The number of hydrogen-bond acceptors (Lipinski definition) is 3. The number of likely N-dealkylation sites (tertiary alicyclic amines) is 1. The Hall–Kier alpha value is -1.46. The zero-order valence-corrected chi connectivity index (χ0v) is 11.7. The molecule has 110 valence electrons. The van der Waals surface area contributed by atoms with Gasteiger partial charge in [-0.1, -0.05) is 19.1 Å². The summed E-state index contributed by atoms with van der Waals surface area (Å²) in [5.74, 6) is -0.531. The van der Waals surface area contributed by atoms with Gasteiger partial charge in [0.05, 0.1) is 0 Å². The van der Waals surface area contributed by atoms with Crippen molar-refractivity contribution in [1.82, 2.24) is 10.2 Å². The van der Waals surface area contributed by atoms with Gasteiger partial charge in [0.25, 0.3) is 5.91 Å². The van der Waals surface area contributed by atoms with E-state index in [2.05, 4.69) is 5.32 Å². The SMILES string of the molecule is CCNC[C@@]1(O)CCCN(Cc2ccc(F)cc2)C1=O. The first-order valence-electron chi connectivity index (χ1n) is 7.02. The number of carbonyl (C=O) groups excluding carboxylic acids is 1. The van der Waals surface area contributed by atoms with Crippen LogP contribution >= 0.6 is 0 Å². The number of benzene rings is 1. The highest BCUT2D eigenvalue weighted by atomic mass is 19.1. The number of piperidine rings is 1. The van der Waals surface area contributed by atoms with E-state index in [1.54, 1.807) is 17.0 Å². The number of hydrogen-bond donors (Lipinski definition) is 2. The highest BCUT2D eigenvalue weighted by molar-refractivity contribution is 5.86. The van der Waals surface area contributed by atoms with E-state index in [9.17, 15) is 14.3 Å². The van der Waals surface area contributed by atoms with Gasteiger partial charge in [0, 0.05) is 19.6 Å². The highest BCUT2D eigenvalue weighted by Crippen LogP contribution is 2.23. The fourth-order valence-electron chi connectivity index (χ4n) is 2.52. The second-order valence-corrected chi connectivity index (χ2v) is 5.27. The van der Waals surface area contributed by atoms with Crippen LogP contribution in [-0.4, -0.2) is 41.1 Å². The molecule has 0 aliphatic carbocycles. The van der Waals surface area contributed by atoms with E-state index >= 15 is 0 Å². The van der Waals surface area contributed by atoms with Gasteiger partial charge in [0.1, 0.15) is 5.82 Å². The van der Waals surface area contributed by atoms with Crippen molar-refractivity contribution in [3.8, 4) is 0 Å². The molecule has 1 heterocycles. The van der Waals surface area contributed by atoms with E-state index in [1.165, 1.54) is 12.1 Å². The van der Waals surface area contributed by atoms with Crippen molar-refractivity contribution in [2.45, 2.75) is 31.9 Å². The van der Waals surface area contributed by atoms with Gasteiger partial charge in [-0.2, -0.15) is 0 Å². The summed E-state index contributed by atoms with van der Waals surface area (Å²) in [5, 5.41) is 13.5. The highest BCUT2D eigenvalue weighted by Gasteiger charge is 2.41. The predicted molar refractivity (Wildman–Crippen MR) is 74.5 cm³/mol. The lowest BCUT2D eigenvalue weighted by Gasteiger charge is -2.38. The monoisotopic (exact) mass is 280 g/mol. The van der Waals surface area contributed by atoms with E-state index in [0.717, 1.165) is 12.0 Å². The third-order valence-corrected chi connectivity index (χ3v) is 3.66. The number of likely N-dealkylation sites (N-methyl/N-ethyl adjacent to an activating group) is 1. The summed E-state index contributed by atoms with van der Waals surface area (Å²) < 4.78 is 12.9. The maximum atomic E-state index is 12.9.